The molecule has 7 nitrogen and oxygen atoms in total. The quantitative estimate of drug-likeness (QED) is 0.194. The van der Waals surface area contributed by atoms with Gasteiger partial charge >= 0.3 is 11.9 Å². The van der Waals surface area contributed by atoms with Crippen molar-refractivity contribution in [3.8, 4) is 0 Å². The number of hydrogen-bond donors (Lipinski definition) is 1. The van der Waals surface area contributed by atoms with Crippen LogP contribution in [-0.2, 0) is 18.6 Å². The Kier molecular flexibility index (Phi) is 10.8. The zero-order valence-corrected chi connectivity index (χ0v) is 28.6. The van der Waals surface area contributed by atoms with E-state index in [0.29, 0.717) is 11.1 Å². The number of rotatable bonds is 9. The second-order valence-corrected chi connectivity index (χ2v) is 18.9. The van der Waals surface area contributed by atoms with E-state index in [1.165, 1.54) is 11.8 Å². The Labute approximate surface area is 266 Å². The van der Waals surface area contributed by atoms with Gasteiger partial charge < -0.3 is 23.7 Å². The van der Waals surface area contributed by atoms with E-state index in [1.54, 1.807) is 24.3 Å². The first-order valence-corrected chi connectivity index (χ1v) is 18.7. The van der Waals surface area contributed by atoms with E-state index < -0.39 is 50.1 Å². The number of aliphatic hydroxyl groups is 1. The molecule has 1 saturated heterocycles. The van der Waals surface area contributed by atoms with Crippen LogP contribution < -0.4 is 0 Å². The number of carbonyl (C=O) groups is 2. The predicted octanol–water partition coefficient (Wildman–Crippen LogP) is 7.26. The topological polar surface area (TPSA) is 91.3 Å². The summed E-state index contributed by atoms with van der Waals surface area (Å²) in [5, 5.41) is 10.4. The smallest absolute Gasteiger partial charge is 0.338 e. The third-order valence-corrected chi connectivity index (χ3v) is 14.0. The van der Waals surface area contributed by atoms with E-state index in [4.69, 9.17) is 18.6 Å². The average Bonchev–Trinajstić information content (AvgIpc) is 2.96. The van der Waals surface area contributed by atoms with E-state index in [0.717, 1.165) is 21.6 Å². The lowest BCUT2D eigenvalue weighted by Crippen LogP contribution is -2.64. The molecular formula is C35H44O7SSi. The SMILES string of the molecule is Cc1ccc(S[C@@H]2O[C@H](CO)[C@@H](O[Si](C)(C)C(C)(C)C)[C@H](OC(=O)c3ccc(C)cc3)[C@H]2OC(=O)c2ccc(C)cc2)cc1. The molecule has 236 valence electrons. The summed E-state index contributed by atoms with van der Waals surface area (Å²) in [6.07, 6.45) is -3.85. The molecule has 0 radical (unpaired) electrons. The van der Waals surface area contributed by atoms with Crippen LogP contribution in [0.25, 0.3) is 0 Å². The van der Waals surface area contributed by atoms with Gasteiger partial charge in [0.1, 0.15) is 17.6 Å². The molecule has 1 heterocycles. The maximum atomic E-state index is 13.7. The van der Waals surface area contributed by atoms with Gasteiger partial charge in [-0.2, -0.15) is 0 Å². The molecule has 1 aliphatic rings. The van der Waals surface area contributed by atoms with Crippen molar-refractivity contribution in [1.29, 1.82) is 0 Å². The minimum absolute atomic E-state index is 0.194. The molecule has 0 spiro atoms. The molecule has 1 fully saturated rings. The Hall–Kier alpha value is -2.95. The standard InChI is InChI=1S/C35H44O7SSi/c1-22-9-15-25(16-10-22)32(37)40-30-29(42-44(7,8)35(4,5)6)28(21-36)39-34(43-27-19-13-24(3)14-20-27)31(30)41-33(38)26-17-11-23(2)12-18-26/h9-20,28-31,34,36H,21H2,1-8H3/t28-,29-,30+,31-,34+/m1/s1. The molecule has 9 heteroatoms. The first-order valence-electron chi connectivity index (χ1n) is 14.9. The summed E-state index contributed by atoms with van der Waals surface area (Å²) in [6.45, 7) is 16.0. The van der Waals surface area contributed by atoms with E-state index in [1.807, 2.05) is 69.3 Å². The summed E-state index contributed by atoms with van der Waals surface area (Å²) in [5.41, 5.74) is 3.03. The number of aryl methyl sites for hydroxylation is 3. The zero-order valence-electron chi connectivity index (χ0n) is 26.8. The molecule has 4 rings (SSSR count). The van der Waals surface area contributed by atoms with Crippen molar-refractivity contribution in [1.82, 2.24) is 0 Å². The van der Waals surface area contributed by atoms with Crippen molar-refractivity contribution >= 4 is 32.0 Å². The summed E-state index contributed by atoms with van der Waals surface area (Å²) in [5.74, 6) is -1.15. The van der Waals surface area contributed by atoms with Gasteiger partial charge in [0, 0.05) is 4.90 Å². The summed E-state index contributed by atoms with van der Waals surface area (Å²) < 4.78 is 25.8. The Morgan fingerprint density at radius 1 is 0.750 bits per heavy atom. The maximum absolute atomic E-state index is 13.7. The fourth-order valence-electron chi connectivity index (χ4n) is 4.55. The number of thioether (sulfide) groups is 1. The van der Waals surface area contributed by atoms with Crippen LogP contribution in [0.15, 0.2) is 77.7 Å². The number of carbonyl (C=O) groups excluding carboxylic acids is 2. The van der Waals surface area contributed by atoms with Crippen LogP contribution in [0.2, 0.25) is 18.1 Å². The molecule has 1 N–H and O–H groups in total. The van der Waals surface area contributed by atoms with Gasteiger partial charge in [-0.1, -0.05) is 85.6 Å². The molecule has 44 heavy (non-hydrogen) atoms. The molecule has 0 aliphatic carbocycles. The summed E-state index contributed by atoms with van der Waals surface area (Å²) >= 11 is 1.35. The van der Waals surface area contributed by atoms with Gasteiger partial charge in [-0.15, -0.1) is 0 Å². The highest BCUT2D eigenvalue weighted by Crippen LogP contribution is 2.43. The van der Waals surface area contributed by atoms with Crippen molar-refractivity contribution in [2.75, 3.05) is 6.61 Å². The van der Waals surface area contributed by atoms with Crippen molar-refractivity contribution < 1.29 is 33.3 Å². The molecular weight excluding hydrogens is 593 g/mol. The van der Waals surface area contributed by atoms with Gasteiger partial charge in [-0.25, -0.2) is 9.59 Å². The number of hydrogen-bond acceptors (Lipinski definition) is 8. The normalized spacial score (nSPS) is 22.3. The Balaban J connectivity index is 1.79. The van der Waals surface area contributed by atoms with Gasteiger partial charge in [-0.3, -0.25) is 0 Å². The summed E-state index contributed by atoms with van der Waals surface area (Å²) in [4.78, 5) is 28.1. The van der Waals surface area contributed by atoms with Crippen LogP contribution >= 0.6 is 11.8 Å². The lowest BCUT2D eigenvalue weighted by molar-refractivity contribution is -0.202. The molecule has 3 aromatic carbocycles. The van der Waals surface area contributed by atoms with Gasteiger partial charge in [0.2, 0.25) is 0 Å². The molecule has 0 bridgehead atoms. The molecule has 5 atom stereocenters. The van der Waals surface area contributed by atoms with Gasteiger partial charge in [0.15, 0.2) is 20.5 Å². The third-order valence-electron chi connectivity index (χ3n) is 8.34. The van der Waals surface area contributed by atoms with Crippen LogP contribution in [-0.4, -0.2) is 61.8 Å². The maximum Gasteiger partial charge on any atom is 0.338 e. The average molecular weight is 637 g/mol. The zero-order chi connectivity index (χ0) is 32.2. The predicted molar refractivity (Wildman–Crippen MR) is 176 cm³/mol. The van der Waals surface area contributed by atoms with Gasteiger partial charge in [0.05, 0.1) is 17.7 Å². The highest BCUT2D eigenvalue weighted by Gasteiger charge is 2.54. The van der Waals surface area contributed by atoms with Crippen LogP contribution in [0.1, 0.15) is 58.2 Å². The Morgan fingerprint density at radius 2 is 1.18 bits per heavy atom. The first kappa shape index (κ1) is 33.9. The second kappa shape index (κ2) is 14.0. The molecule has 0 unspecified atom stereocenters. The van der Waals surface area contributed by atoms with E-state index in [2.05, 4.69) is 33.9 Å². The fraction of sp³-hybridized carbons (Fsp3) is 0.429. The van der Waals surface area contributed by atoms with Crippen LogP contribution in [0.5, 0.6) is 0 Å². The molecule has 0 aromatic heterocycles. The monoisotopic (exact) mass is 636 g/mol. The number of benzene rings is 3. The third kappa shape index (κ3) is 8.20. The van der Waals surface area contributed by atoms with Crippen molar-refractivity contribution in [2.45, 2.75) is 94.4 Å². The molecule has 3 aromatic rings. The molecule has 0 saturated carbocycles. The van der Waals surface area contributed by atoms with Gasteiger partial charge in [0.25, 0.3) is 0 Å². The van der Waals surface area contributed by atoms with Crippen molar-refractivity contribution in [3.05, 3.63) is 101 Å². The number of esters is 2. The fourth-order valence-corrected chi connectivity index (χ4v) is 6.98. The molecule has 1 aliphatic heterocycles. The Bertz CT molecular complexity index is 1420. The number of ether oxygens (including phenoxy) is 3. The lowest BCUT2D eigenvalue weighted by Gasteiger charge is -2.49. The minimum Gasteiger partial charge on any atom is -0.452 e. The summed E-state index contributed by atoms with van der Waals surface area (Å²) in [7, 11) is -2.50. The van der Waals surface area contributed by atoms with Crippen molar-refractivity contribution in [2.24, 2.45) is 0 Å². The van der Waals surface area contributed by atoms with Crippen LogP contribution in [0, 0.1) is 20.8 Å². The Morgan fingerprint density at radius 3 is 1.61 bits per heavy atom. The second-order valence-electron chi connectivity index (χ2n) is 13.0. The van der Waals surface area contributed by atoms with E-state index in [9.17, 15) is 14.7 Å². The van der Waals surface area contributed by atoms with Crippen molar-refractivity contribution in [3.63, 3.8) is 0 Å². The number of aliphatic hydroxyl groups excluding tert-OH is 1. The van der Waals surface area contributed by atoms with E-state index in [-0.39, 0.29) is 11.6 Å². The van der Waals surface area contributed by atoms with Crippen LogP contribution in [0.3, 0.4) is 0 Å². The van der Waals surface area contributed by atoms with E-state index >= 15 is 0 Å². The summed E-state index contributed by atoms with van der Waals surface area (Å²) in [6, 6.07) is 22.1. The van der Waals surface area contributed by atoms with Crippen LogP contribution in [0.4, 0.5) is 0 Å². The highest BCUT2D eigenvalue weighted by atomic mass is 32.2. The lowest BCUT2D eigenvalue weighted by atomic mass is 9.99. The largest absolute Gasteiger partial charge is 0.452 e. The van der Waals surface area contributed by atoms with Gasteiger partial charge in [-0.05, 0) is 75.3 Å². The first-order chi connectivity index (χ1) is 20.7. The molecule has 0 amide bonds. The highest BCUT2D eigenvalue weighted by molar-refractivity contribution is 7.99. The minimum atomic E-state index is -2.50.